The van der Waals surface area contributed by atoms with E-state index in [1.165, 1.54) is 0 Å². The van der Waals surface area contributed by atoms with Crippen LogP contribution in [0.4, 0.5) is 5.82 Å². The van der Waals surface area contributed by atoms with Crippen LogP contribution in [-0.2, 0) is 16.4 Å². The van der Waals surface area contributed by atoms with E-state index in [9.17, 15) is 8.42 Å². The molecule has 7 heteroatoms. The van der Waals surface area contributed by atoms with E-state index < -0.39 is 10.0 Å². The second-order valence-corrected chi connectivity index (χ2v) is 5.85. The average Bonchev–Trinajstić information content (AvgIpc) is 2.63. The van der Waals surface area contributed by atoms with Gasteiger partial charge in [-0.15, -0.1) is 11.6 Å². The van der Waals surface area contributed by atoms with Gasteiger partial charge in [0.2, 0.25) is 10.0 Å². The zero-order valence-electron chi connectivity index (χ0n) is 9.33. The minimum absolute atomic E-state index is 0.00478. The van der Waals surface area contributed by atoms with E-state index in [0.29, 0.717) is 11.7 Å². The maximum atomic E-state index is 11.6. The van der Waals surface area contributed by atoms with Gasteiger partial charge in [-0.25, -0.2) is 8.42 Å². The molecular formula is C9H16ClN3O2S. The normalized spacial score (nSPS) is 13.7. The maximum absolute atomic E-state index is 11.6. The lowest BCUT2D eigenvalue weighted by Gasteiger charge is -2.08. The summed E-state index contributed by atoms with van der Waals surface area (Å²) in [5.41, 5.74) is 0.892. The Balaban J connectivity index is 2.65. The lowest BCUT2D eigenvalue weighted by atomic mass is 10.3. The van der Waals surface area contributed by atoms with Crippen molar-refractivity contribution >= 4 is 27.4 Å². The largest absolute Gasteiger partial charge is 0.280 e. The third kappa shape index (κ3) is 4.02. The number of aryl methyl sites for hydroxylation is 1. The molecule has 5 nitrogen and oxygen atoms in total. The molecule has 0 bridgehead atoms. The molecule has 2 N–H and O–H groups in total. The number of H-pyrrole nitrogens is 1. The molecule has 0 amide bonds. The molecule has 0 aliphatic carbocycles. The Morgan fingerprint density at radius 2 is 2.31 bits per heavy atom. The average molecular weight is 266 g/mol. The van der Waals surface area contributed by atoms with Gasteiger partial charge in [0, 0.05) is 17.6 Å². The number of hydrogen-bond donors (Lipinski definition) is 2. The first kappa shape index (κ1) is 13.3. The first-order valence-corrected chi connectivity index (χ1v) is 7.26. The Morgan fingerprint density at radius 1 is 1.62 bits per heavy atom. The van der Waals surface area contributed by atoms with Gasteiger partial charge in [-0.1, -0.05) is 13.8 Å². The number of hydrogen-bond acceptors (Lipinski definition) is 3. The van der Waals surface area contributed by atoms with Crippen LogP contribution in [0, 0.1) is 5.92 Å². The van der Waals surface area contributed by atoms with E-state index in [1.807, 2.05) is 6.92 Å². The molecule has 0 aromatic carbocycles. The smallest absolute Gasteiger partial charge is 0.234 e. The molecule has 0 aliphatic rings. The SMILES string of the molecule is CCc1cc(NS(=O)(=O)CC(C)CCl)n[nH]1. The highest BCUT2D eigenvalue weighted by atomic mass is 35.5. The number of rotatable bonds is 6. The predicted octanol–water partition coefficient (Wildman–Crippen LogP) is 1.59. The molecule has 0 fully saturated rings. The summed E-state index contributed by atoms with van der Waals surface area (Å²) in [5, 5.41) is 6.60. The van der Waals surface area contributed by atoms with Gasteiger partial charge in [-0.05, 0) is 12.3 Å². The van der Waals surface area contributed by atoms with Crippen molar-refractivity contribution in [2.24, 2.45) is 5.92 Å². The van der Waals surface area contributed by atoms with Crippen LogP contribution < -0.4 is 4.72 Å². The molecule has 0 saturated carbocycles. The second-order valence-electron chi connectivity index (χ2n) is 3.77. The third-order valence-corrected chi connectivity index (χ3v) is 4.09. The highest BCUT2D eigenvalue weighted by Crippen LogP contribution is 2.10. The maximum Gasteiger partial charge on any atom is 0.234 e. The molecule has 1 atom stereocenters. The van der Waals surface area contributed by atoms with Crippen molar-refractivity contribution in [2.75, 3.05) is 16.4 Å². The molecule has 16 heavy (non-hydrogen) atoms. The quantitative estimate of drug-likeness (QED) is 0.767. The minimum atomic E-state index is -3.36. The fraction of sp³-hybridized carbons (Fsp3) is 0.667. The molecule has 1 unspecified atom stereocenters. The Hall–Kier alpha value is -0.750. The highest BCUT2D eigenvalue weighted by Gasteiger charge is 2.16. The Morgan fingerprint density at radius 3 is 2.81 bits per heavy atom. The van der Waals surface area contributed by atoms with Gasteiger partial charge in [-0.2, -0.15) is 5.10 Å². The monoisotopic (exact) mass is 265 g/mol. The summed E-state index contributed by atoms with van der Waals surface area (Å²) in [5.74, 6) is 0.578. The van der Waals surface area contributed by atoms with Crippen molar-refractivity contribution in [2.45, 2.75) is 20.3 Å². The summed E-state index contributed by atoms with van der Waals surface area (Å²) >= 11 is 5.57. The first-order valence-electron chi connectivity index (χ1n) is 5.07. The molecule has 1 aromatic rings. The Bertz CT molecular complexity index is 430. The van der Waals surface area contributed by atoms with Crippen molar-refractivity contribution in [1.82, 2.24) is 10.2 Å². The zero-order chi connectivity index (χ0) is 12.2. The van der Waals surface area contributed by atoms with Crippen LogP contribution >= 0.6 is 11.6 Å². The molecule has 92 valence electrons. The summed E-state index contributed by atoms with van der Waals surface area (Å²) in [6.07, 6.45) is 0.785. The summed E-state index contributed by atoms with van der Waals surface area (Å²) in [7, 11) is -3.36. The van der Waals surface area contributed by atoms with Crippen LogP contribution in [0.2, 0.25) is 0 Å². The fourth-order valence-corrected chi connectivity index (χ4v) is 2.83. The summed E-state index contributed by atoms with van der Waals surface area (Å²) < 4.78 is 25.7. The van der Waals surface area contributed by atoms with Gasteiger partial charge in [0.15, 0.2) is 5.82 Å². The second kappa shape index (κ2) is 5.54. The van der Waals surface area contributed by atoms with Crippen LogP contribution in [0.25, 0.3) is 0 Å². The van der Waals surface area contributed by atoms with E-state index in [4.69, 9.17) is 11.6 Å². The molecule has 0 spiro atoms. The lowest BCUT2D eigenvalue weighted by Crippen LogP contribution is -2.22. The topological polar surface area (TPSA) is 74.8 Å². The van der Waals surface area contributed by atoms with E-state index in [1.54, 1.807) is 13.0 Å². The molecule has 0 radical (unpaired) electrons. The van der Waals surface area contributed by atoms with Crippen LogP contribution in [0.5, 0.6) is 0 Å². The van der Waals surface area contributed by atoms with E-state index in [0.717, 1.165) is 12.1 Å². The number of halogens is 1. The van der Waals surface area contributed by atoms with Crippen molar-refractivity contribution < 1.29 is 8.42 Å². The van der Waals surface area contributed by atoms with Gasteiger partial charge in [0.05, 0.1) is 5.75 Å². The third-order valence-electron chi connectivity index (χ3n) is 2.04. The van der Waals surface area contributed by atoms with Crippen LogP contribution in [0.3, 0.4) is 0 Å². The number of sulfonamides is 1. The molecule has 0 saturated heterocycles. The number of nitrogens with zero attached hydrogens (tertiary/aromatic N) is 1. The van der Waals surface area contributed by atoms with Gasteiger partial charge in [0.1, 0.15) is 0 Å². The summed E-state index contributed by atoms with van der Waals surface area (Å²) in [6, 6.07) is 1.68. The predicted molar refractivity (Wildman–Crippen MR) is 65.3 cm³/mol. The minimum Gasteiger partial charge on any atom is -0.280 e. The fourth-order valence-electron chi connectivity index (χ4n) is 1.22. The number of anilines is 1. The summed E-state index contributed by atoms with van der Waals surface area (Å²) in [4.78, 5) is 0. The number of aromatic nitrogens is 2. The van der Waals surface area contributed by atoms with E-state index in [2.05, 4.69) is 14.9 Å². The van der Waals surface area contributed by atoms with Gasteiger partial charge in [-0.3, -0.25) is 9.82 Å². The molecule has 1 rings (SSSR count). The van der Waals surface area contributed by atoms with Crippen molar-refractivity contribution in [3.05, 3.63) is 11.8 Å². The molecule has 1 heterocycles. The van der Waals surface area contributed by atoms with Crippen LogP contribution in [0.1, 0.15) is 19.5 Å². The van der Waals surface area contributed by atoms with Crippen molar-refractivity contribution in [3.8, 4) is 0 Å². The Labute approximate surface area is 101 Å². The number of aromatic amines is 1. The standard InChI is InChI=1S/C9H16ClN3O2S/c1-3-8-4-9(12-11-8)13-16(14,15)6-7(2)5-10/h4,7H,3,5-6H2,1-2H3,(H2,11,12,13). The van der Waals surface area contributed by atoms with Crippen molar-refractivity contribution in [1.29, 1.82) is 0 Å². The highest BCUT2D eigenvalue weighted by molar-refractivity contribution is 7.92. The van der Waals surface area contributed by atoms with Crippen LogP contribution in [-0.4, -0.2) is 30.2 Å². The van der Waals surface area contributed by atoms with Gasteiger partial charge < -0.3 is 0 Å². The van der Waals surface area contributed by atoms with E-state index in [-0.39, 0.29) is 11.7 Å². The van der Waals surface area contributed by atoms with E-state index >= 15 is 0 Å². The lowest BCUT2D eigenvalue weighted by molar-refractivity contribution is 0.588. The summed E-state index contributed by atoms with van der Waals surface area (Å²) in [6.45, 7) is 3.75. The Kier molecular flexibility index (Phi) is 4.61. The molecule has 1 aromatic heterocycles. The molecule has 0 aliphatic heterocycles. The first-order chi connectivity index (χ1) is 7.46. The number of alkyl halides is 1. The number of nitrogens with one attached hydrogen (secondary N) is 2. The van der Waals surface area contributed by atoms with Crippen LogP contribution in [0.15, 0.2) is 6.07 Å². The molecular weight excluding hydrogens is 250 g/mol. The zero-order valence-corrected chi connectivity index (χ0v) is 10.9. The van der Waals surface area contributed by atoms with Crippen molar-refractivity contribution in [3.63, 3.8) is 0 Å². The van der Waals surface area contributed by atoms with Gasteiger partial charge in [0.25, 0.3) is 0 Å². The van der Waals surface area contributed by atoms with Gasteiger partial charge >= 0.3 is 0 Å².